The topological polar surface area (TPSA) is 79.3 Å². The van der Waals surface area contributed by atoms with Gasteiger partial charge in [0.25, 0.3) is 5.91 Å². The highest BCUT2D eigenvalue weighted by Crippen LogP contribution is 2.32. The molecule has 1 aromatic carbocycles. The zero-order chi connectivity index (χ0) is 18.0. The number of aliphatic hydroxyl groups is 1. The van der Waals surface area contributed by atoms with Gasteiger partial charge in [0.15, 0.2) is 6.10 Å². The fourth-order valence-corrected chi connectivity index (χ4v) is 3.36. The Morgan fingerprint density at radius 3 is 2.64 bits per heavy atom. The second-order valence-electron chi connectivity index (χ2n) is 6.82. The Morgan fingerprint density at radius 1 is 1.36 bits per heavy atom. The third-order valence-corrected chi connectivity index (χ3v) is 4.90. The van der Waals surface area contributed by atoms with Crippen molar-refractivity contribution in [1.29, 1.82) is 0 Å². The van der Waals surface area contributed by atoms with Crippen molar-refractivity contribution < 1.29 is 24.2 Å². The van der Waals surface area contributed by atoms with Gasteiger partial charge in [0.05, 0.1) is 6.54 Å². The molecule has 0 aliphatic carbocycles. The summed E-state index contributed by atoms with van der Waals surface area (Å²) in [4.78, 5) is 27.2. The molecule has 136 valence electrons. The molecule has 0 radical (unpaired) electrons. The van der Waals surface area contributed by atoms with Crippen LogP contribution in [0.1, 0.15) is 18.4 Å². The number of carbonyl (C=O) groups excluding carboxylic acids is 2. The molecule has 0 saturated carbocycles. The number of carbonyl (C=O) groups is 2. The molecule has 2 amide bonds. The lowest BCUT2D eigenvalue weighted by molar-refractivity contribution is -0.145. The summed E-state index contributed by atoms with van der Waals surface area (Å²) in [5.74, 6) is 0.314. The number of rotatable bonds is 4. The average Bonchev–Trinajstić information content (AvgIpc) is 2.87. The van der Waals surface area contributed by atoms with Crippen molar-refractivity contribution in [3.05, 3.63) is 29.8 Å². The largest absolute Gasteiger partial charge is 0.490 e. The van der Waals surface area contributed by atoms with Crippen LogP contribution >= 0.6 is 0 Å². The molecule has 1 atom stereocenters. The van der Waals surface area contributed by atoms with Crippen LogP contribution in [0, 0.1) is 6.92 Å². The minimum absolute atomic E-state index is 0.0803. The van der Waals surface area contributed by atoms with Crippen LogP contribution in [0.2, 0.25) is 0 Å². The highest BCUT2D eigenvalue weighted by molar-refractivity contribution is 5.81. The lowest BCUT2D eigenvalue weighted by atomic mass is 9.91. The standard InChI is InChI=1S/C18H24N2O5/c1-13-5-3-4-6-15(13)24-11-14(21)16(22)20-9-7-18(8-10-20)12-19(2)17(23)25-18/h3-6,14,21H,7-12H2,1-2H3/t14-/m1/s1. The maximum Gasteiger partial charge on any atom is 0.410 e. The van der Waals surface area contributed by atoms with Gasteiger partial charge in [0, 0.05) is 33.0 Å². The van der Waals surface area contributed by atoms with Gasteiger partial charge in [-0.1, -0.05) is 18.2 Å². The first-order valence-corrected chi connectivity index (χ1v) is 8.50. The molecule has 0 aromatic heterocycles. The Morgan fingerprint density at radius 2 is 2.04 bits per heavy atom. The summed E-state index contributed by atoms with van der Waals surface area (Å²) in [6, 6.07) is 7.47. The number of ether oxygens (including phenoxy) is 2. The first-order chi connectivity index (χ1) is 11.9. The van der Waals surface area contributed by atoms with E-state index in [1.165, 1.54) is 0 Å². The van der Waals surface area contributed by atoms with Gasteiger partial charge in [-0.2, -0.15) is 0 Å². The first kappa shape index (κ1) is 17.5. The van der Waals surface area contributed by atoms with Crippen LogP contribution in [0.3, 0.4) is 0 Å². The van der Waals surface area contributed by atoms with E-state index >= 15 is 0 Å². The number of likely N-dealkylation sites (tertiary alicyclic amines) is 1. The minimum atomic E-state index is -1.21. The smallest absolute Gasteiger partial charge is 0.410 e. The molecule has 2 fully saturated rings. The summed E-state index contributed by atoms with van der Waals surface area (Å²) in [6.45, 7) is 3.30. The van der Waals surface area contributed by atoms with E-state index in [0.29, 0.717) is 38.2 Å². The number of aryl methyl sites for hydroxylation is 1. The zero-order valence-electron chi connectivity index (χ0n) is 14.6. The van der Waals surface area contributed by atoms with E-state index in [1.54, 1.807) is 16.8 Å². The Labute approximate surface area is 147 Å². The molecule has 25 heavy (non-hydrogen) atoms. The monoisotopic (exact) mass is 348 g/mol. The molecule has 0 unspecified atom stereocenters. The van der Waals surface area contributed by atoms with Gasteiger partial charge in [-0.15, -0.1) is 0 Å². The number of nitrogens with zero attached hydrogens (tertiary/aromatic N) is 2. The molecule has 2 saturated heterocycles. The summed E-state index contributed by atoms with van der Waals surface area (Å²) in [7, 11) is 1.71. The lowest BCUT2D eigenvalue weighted by Crippen LogP contribution is -2.51. The molecule has 7 nitrogen and oxygen atoms in total. The maximum absolute atomic E-state index is 12.4. The van der Waals surface area contributed by atoms with E-state index in [-0.39, 0.29) is 18.6 Å². The summed E-state index contributed by atoms with van der Waals surface area (Å²) >= 11 is 0. The summed E-state index contributed by atoms with van der Waals surface area (Å²) in [5.41, 5.74) is 0.458. The maximum atomic E-state index is 12.4. The van der Waals surface area contributed by atoms with E-state index < -0.39 is 11.7 Å². The van der Waals surface area contributed by atoms with Gasteiger partial charge in [-0.05, 0) is 18.6 Å². The van der Waals surface area contributed by atoms with Gasteiger partial charge in [-0.25, -0.2) is 4.79 Å². The van der Waals surface area contributed by atoms with Gasteiger partial charge >= 0.3 is 6.09 Å². The van der Waals surface area contributed by atoms with Gasteiger partial charge in [0.2, 0.25) is 0 Å². The average molecular weight is 348 g/mol. The Balaban J connectivity index is 1.50. The number of amides is 2. The fraction of sp³-hybridized carbons (Fsp3) is 0.556. The number of hydrogen-bond acceptors (Lipinski definition) is 5. The van der Waals surface area contributed by atoms with Gasteiger partial charge in [-0.3, -0.25) is 4.79 Å². The number of para-hydroxylation sites is 1. The van der Waals surface area contributed by atoms with Crippen molar-refractivity contribution in [2.24, 2.45) is 0 Å². The summed E-state index contributed by atoms with van der Waals surface area (Å²) < 4.78 is 11.0. The molecule has 1 aromatic rings. The second-order valence-corrected chi connectivity index (χ2v) is 6.82. The number of piperidine rings is 1. The summed E-state index contributed by atoms with van der Waals surface area (Å²) in [6.07, 6.45) is -0.352. The Bertz CT molecular complexity index is 655. The van der Waals surface area contributed by atoms with Crippen LogP contribution in [0.5, 0.6) is 5.75 Å². The van der Waals surface area contributed by atoms with Gasteiger partial charge < -0.3 is 24.4 Å². The molecular formula is C18H24N2O5. The minimum Gasteiger partial charge on any atom is -0.490 e. The van der Waals surface area contributed by atoms with Crippen molar-refractivity contribution in [2.75, 3.05) is 33.3 Å². The van der Waals surface area contributed by atoms with Crippen LogP contribution in [-0.4, -0.2) is 71.9 Å². The fourth-order valence-electron chi connectivity index (χ4n) is 3.36. The highest BCUT2D eigenvalue weighted by Gasteiger charge is 2.46. The van der Waals surface area contributed by atoms with Crippen LogP contribution in [0.4, 0.5) is 4.79 Å². The second kappa shape index (κ2) is 6.92. The number of hydrogen-bond donors (Lipinski definition) is 1. The quantitative estimate of drug-likeness (QED) is 0.884. The third-order valence-electron chi connectivity index (χ3n) is 4.90. The van der Waals surface area contributed by atoms with Crippen molar-refractivity contribution >= 4 is 12.0 Å². The molecule has 2 aliphatic rings. The van der Waals surface area contributed by atoms with Crippen molar-refractivity contribution in [1.82, 2.24) is 9.80 Å². The molecule has 7 heteroatoms. The van der Waals surface area contributed by atoms with E-state index in [4.69, 9.17) is 9.47 Å². The number of likely N-dealkylation sites (N-methyl/N-ethyl adjacent to an activating group) is 1. The van der Waals surface area contributed by atoms with Crippen molar-refractivity contribution in [3.63, 3.8) is 0 Å². The predicted octanol–water partition coefficient (Wildman–Crippen LogP) is 1.18. The van der Waals surface area contributed by atoms with Crippen LogP contribution in [-0.2, 0) is 9.53 Å². The molecule has 1 N–H and O–H groups in total. The first-order valence-electron chi connectivity index (χ1n) is 8.50. The van der Waals surface area contributed by atoms with E-state index in [2.05, 4.69) is 0 Å². The normalized spacial score (nSPS) is 20.5. The molecule has 1 spiro atoms. The zero-order valence-corrected chi connectivity index (χ0v) is 14.6. The van der Waals surface area contributed by atoms with Crippen molar-refractivity contribution in [3.8, 4) is 5.75 Å². The van der Waals surface area contributed by atoms with Crippen molar-refractivity contribution in [2.45, 2.75) is 31.5 Å². The number of benzene rings is 1. The molecule has 2 aliphatic heterocycles. The molecule has 3 rings (SSSR count). The van der Waals surface area contributed by atoms with E-state index in [9.17, 15) is 14.7 Å². The molecular weight excluding hydrogens is 324 g/mol. The number of aliphatic hydroxyl groups excluding tert-OH is 1. The predicted molar refractivity (Wildman–Crippen MR) is 90.3 cm³/mol. The Kier molecular flexibility index (Phi) is 4.85. The van der Waals surface area contributed by atoms with E-state index in [0.717, 1.165) is 5.56 Å². The lowest BCUT2D eigenvalue weighted by Gasteiger charge is -2.38. The van der Waals surface area contributed by atoms with Gasteiger partial charge in [0.1, 0.15) is 18.0 Å². The highest BCUT2D eigenvalue weighted by atomic mass is 16.6. The van der Waals surface area contributed by atoms with Crippen LogP contribution in [0.25, 0.3) is 0 Å². The SMILES string of the molecule is Cc1ccccc1OC[C@@H](O)C(=O)N1CCC2(CC1)CN(C)C(=O)O2. The van der Waals surface area contributed by atoms with Crippen LogP contribution < -0.4 is 4.74 Å². The van der Waals surface area contributed by atoms with E-state index in [1.807, 2.05) is 31.2 Å². The third kappa shape index (κ3) is 3.71. The summed E-state index contributed by atoms with van der Waals surface area (Å²) in [5, 5.41) is 10.2. The molecule has 2 heterocycles. The Hall–Kier alpha value is -2.28. The molecule has 0 bridgehead atoms. The van der Waals surface area contributed by atoms with Crippen LogP contribution in [0.15, 0.2) is 24.3 Å².